The average molecular weight is 254 g/mol. The third-order valence-electron chi connectivity index (χ3n) is 2.24. The molecule has 0 fully saturated rings. The van der Waals surface area contributed by atoms with Crippen LogP contribution in [0.15, 0.2) is 24.3 Å². The van der Waals surface area contributed by atoms with Crippen LogP contribution in [0.2, 0.25) is 5.02 Å². The first-order chi connectivity index (χ1) is 8.08. The Morgan fingerprint density at radius 3 is 2.88 bits per heavy atom. The van der Waals surface area contributed by atoms with E-state index in [2.05, 4.69) is 15.5 Å². The van der Waals surface area contributed by atoms with Gasteiger partial charge in [0.05, 0.1) is 10.6 Å². The van der Waals surface area contributed by atoms with Gasteiger partial charge in [-0.2, -0.15) is 9.49 Å². The van der Waals surface area contributed by atoms with Crippen LogP contribution in [0.1, 0.15) is 15.9 Å². The maximum Gasteiger partial charge on any atom is 0.258 e. The lowest BCUT2D eigenvalue weighted by Gasteiger charge is -2.07. The quantitative estimate of drug-likeness (QED) is 0.865. The fraction of sp³-hybridized carbons (Fsp3) is 0.0909. The minimum Gasteiger partial charge on any atom is -0.305 e. The Morgan fingerprint density at radius 1 is 1.53 bits per heavy atom. The number of aromatic amines is 1. The van der Waals surface area contributed by atoms with Crippen molar-refractivity contribution in [2.24, 2.45) is 0 Å². The van der Waals surface area contributed by atoms with E-state index in [1.54, 1.807) is 25.1 Å². The molecule has 6 heteroatoms. The average Bonchev–Trinajstić information content (AvgIpc) is 2.63. The van der Waals surface area contributed by atoms with E-state index in [0.29, 0.717) is 10.6 Å². The maximum absolute atomic E-state index is 12.6. The van der Waals surface area contributed by atoms with Gasteiger partial charge in [-0.25, -0.2) is 0 Å². The molecule has 88 valence electrons. The van der Waals surface area contributed by atoms with Gasteiger partial charge < -0.3 is 5.32 Å². The summed E-state index contributed by atoms with van der Waals surface area (Å²) in [6.45, 7) is 1.77. The number of H-pyrrole nitrogens is 1. The lowest BCUT2D eigenvalue weighted by molar-refractivity contribution is 0.102. The molecule has 2 N–H and O–H groups in total. The van der Waals surface area contributed by atoms with Gasteiger partial charge in [0, 0.05) is 6.07 Å². The predicted molar refractivity (Wildman–Crippen MR) is 62.7 cm³/mol. The summed E-state index contributed by atoms with van der Waals surface area (Å²) in [6.07, 6.45) is 0. The zero-order chi connectivity index (χ0) is 12.4. The molecular formula is C11H9ClFN3O. The number of hydrogen-bond acceptors (Lipinski definition) is 2. The molecule has 0 aliphatic heterocycles. The van der Waals surface area contributed by atoms with E-state index in [-0.39, 0.29) is 5.82 Å². The van der Waals surface area contributed by atoms with Crippen molar-refractivity contribution in [1.29, 1.82) is 0 Å². The predicted octanol–water partition coefficient (Wildman–Crippen LogP) is 2.76. The van der Waals surface area contributed by atoms with Crippen LogP contribution in [-0.4, -0.2) is 16.1 Å². The zero-order valence-corrected chi connectivity index (χ0v) is 9.68. The van der Waals surface area contributed by atoms with Crippen molar-refractivity contribution in [2.75, 3.05) is 5.32 Å². The van der Waals surface area contributed by atoms with Gasteiger partial charge in [0.25, 0.3) is 5.91 Å². The zero-order valence-electron chi connectivity index (χ0n) is 8.92. The Morgan fingerprint density at radius 2 is 2.29 bits per heavy atom. The summed E-state index contributed by atoms with van der Waals surface area (Å²) in [5.41, 5.74) is 1.10. The molecular weight excluding hydrogens is 245 g/mol. The number of carbonyl (C=O) groups excluding carboxylic acids is 1. The molecule has 0 bridgehead atoms. The van der Waals surface area contributed by atoms with E-state index in [1.165, 1.54) is 0 Å². The second-order valence-corrected chi connectivity index (χ2v) is 3.89. The van der Waals surface area contributed by atoms with Crippen molar-refractivity contribution < 1.29 is 9.18 Å². The number of aromatic nitrogens is 2. The summed E-state index contributed by atoms with van der Waals surface area (Å²) in [6, 6.07) is 6.23. The summed E-state index contributed by atoms with van der Waals surface area (Å²) in [4.78, 5) is 11.9. The maximum atomic E-state index is 12.6. The van der Waals surface area contributed by atoms with E-state index in [0.717, 1.165) is 11.6 Å². The van der Waals surface area contributed by atoms with E-state index in [9.17, 15) is 9.18 Å². The van der Waals surface area contributed by atoms with Crippen LogP contribution in [0.4, 0.5) is 10.2 Å². The van der Waals surface area contributed by atoms with E-state index in [1.807, 2.05) is 0 Å². The van der Waals surface area contributed by atoms with Crippen LogP contribution in [-0.2, 0) is 0 Å². The van der Waals surface area contributed by atoms with Crippen molar-refractivity contribution in [2.45, 2.75) is 6.92 Å². The number of amides is 1. The second kappa shape index (κ2) is 4.55. The van der Waals surface area contributed by atoms with Crippen molar-refractivity contribution >= 4 is 23.3 Å². The number of benzene rings is 1. The molecule has 4 nitrogen and oxygen atoms in total. The Labute approximate surface area is 102 Å². The molecule has 1 amide bonds. The topological polar surface area (TPSA) is 57.8 Å². The number of nitrogens with one attached hydrogen (secondary N) is 2. The Balaban J connectivity index is 2.26. The highest BCUT2D eigenvalue weighted by molar-refractivity contribution is 6.34. The van der Waals surface area contributed by atoms with Crippen molar-refractivity contribution in [1.82, 2.24) is 10.2 Å². The van der Waals surface area contributed by atoms with Crippen LogP contribution >= 0.6 is 11.6 Å². The van der Waals surface area contributed by atoms with E-state index < -0.39 is 11.9 Å². The fourth-order valence-electron chi connectivity index (χ4n) is 1.46. The summed E-state index contributed by atoms with van der Waals surface area (Å²) < 4.78 is 12.6. The molecule has 1 aromatic carbocycles. The van der Waals surface area contributed by atoms with Crippen LogP contribution < -0.4 is 5.32 Å². The van der Waals surface area contributed by atoms with Crippen molar-refractivity contribution in [3.05, 3.63) is 46.4 Å². The van der Waals surface area contributed by atoms with Gasteiger partial charge in [-0.3, -0.25) is 9.89 Å². The van der Waals surface area contributed by atoms with Crippen LogP contribution in [0.3, 0.4) is 0 Å². The van der Waals surface area contributed by atoms with Gasteiger partial charge in [-0.05, 0) is 18.6 Å². The van der Waals surface area contributed by atoms with Gasteiger partial charge in [0.15, 0.2) is 5.82 Å². The van der Waals surface area contributed by atoms with E-state index >= 15 is 0 Å². The number of nitrogens with zero attached hydrogens (tertiary/aromatic N) is 1. The molecule has 2 aromatic rings. The number of halogens is 2. The summed E-state index contributed by atoms with van der Waals surface area (Å²) in [5, 5.41) is 8.46. The lowest BCUT2D eigenvalue weighted by atomic mass is 10.1. The van der Waals surface area contributed by atoms with Gasteiger partial charge in [0.2, 0.25) is 5.95 Å². The van der Waals surface area contributed by atoms with Crippen LogP contribution in [0.25, 0.3) is 0 Å². The van der Waals surface area contributed by atoms with Crippen molar-refractivity contribution in [3.8, 4) is 0 Å². The molecule has 0 aliphatic carbocycles. The Bertz CT molecular complexity index is 547. The van der Waals surface area contributed by atoms with Crippen LogP contribution in [0, 0.1) is 12.9 Å². The number of hydrogen-bond donors (Lipinski definition) is 2. The van der Waals surface area contributed by atoms with E-state index in [4.69, 9.17) is 11.6 Å². The molecule has 0 spiro atoms. The third kappa shape index (κ3) is 2.45. The second-order valence-electron chi connectivity index (χ2n) is 3.49. The molecule has 0 saturated carbocycles. The summed E-state index contributed by atoms with van der Waals surface area (Å²) in [7, 11) is 0. The molecule has 0 radical (unpaired) electrons. The molecule has 2 rings (SSSR count). The molecule has 0 aliphatic rings. The van der Waals surface area contributed by atoms with Gasteiger partial charge in [0.1, 0.15) is 0 Å². The molecule has 0 atom stereocenters. The third-order valence-corrected chi connectivity index (χ3v) is 2.55. The fourth-order valence-corrected chi connectivity index (χ4v) is 1.77. The Hall–Kier alpha value is -1.88. The first-order valence-electron chi connectivity index (χ1n) is 4.85. The SMILES string of the molecule is Cc1cccc(Cl)c1C(=O)Nc1cc(F)[nH]n1. The largest absolute Gasteiger partial charge is 0.305 e. The molecule has 1 heterocycles. The molecule has 1 aromatic heterocycles. The molecule has 0 saturated heterocycles. The van der Waals surface area contributed by atoms with Crippen LogP contribution in [0.5, 0.6) is 0 Å². The van der Waals surface area contributed by atoms with Gasteiger partial charge in [-0.15, -0.1) is 0 Å². The smallest absolute Gasteiger partial charge is 0.258 e. The highest BCUT2D eigenvalue weighted by atomic mass is 35.5. The highest BCUT2D eigenvalue weighted by Crippen LogP contribution is 2.20. The Kier molecular flexibility index (Phi) is 3.10. The minimum atomic E-state index is -0.615. The van der Waals surface area contributed by atoms with Gasteiger partial charge >= 0.3 is 0 Å². The normalized spacial score (nSPS) is 10.3. The number of rotatable bonds is 2. The highest BCUT2D eigenvalue weighted by Gasteiger charge is 2.14. The number of anilines is 1. The first kappa shape index (κ1) is 11.6. The lowest BCUT2D eigenvalue weighted by Crippen LogP contribution is -2.14. The first-order valence-corrected chi connectivity index (χ1v) is 5.23. The number of aryl methyl sites for hydroxylation is 1. The molecule has 0 unspecified atom stereocenters. The minimum absolute atomic E-state index is 0.117. The number of carbonyl (C=O) groups is 1. The summed E-state index contributed by atoms with van der Waals surface area (Å²) in [5.74, 6) is -0.914. The monoisotopic (exact) mass is 253 g/mol. The van der Waals surface area contributed by atoms with Crippen molar-refractivity contribution in [3.63, 3.8) is 0 Å². The van der Waals surface area contributed by atoms with Gasteiger partial charge in [-0.1, -0.05) is 23.7 Å². The summed E-state index contributed by atoms with van der Waals surface area (Å²) >= 11 is 5.93. The molecule has 17 heavy (non-hydrogen) atoms. The standard InChI is InChI=1S/C11H9ClFN3O/c1-6-3-2-4-7(12)10(6)11(17)14-9-5-8(13)15-16-9/h2-5H,1H3,(H2,14,15,16,17).